The van der Waals surface area contributed by atoms with E-state index in [1.165, 1.54) is 0 Å². The third-order valence-corrected chi connectivity index (χ3v) is 4.32. The van der Waals surface area contributed by atoms with Gasteiger partial charge in [-0.1, -0.05) is 26.0 Å². The summed E-state index contributed by atoms with van der Waals surface area (Å²) >= 11 is 0. The van der Waals surface area contributed by atoms with E-state index in [9.17, 15) is 14.7 Å². The van der Waals surface area contributed by atoms with Gasteiger partial charge in [-0.15, -0.1) is 0 Å². The van der Waals surface area contributed by atoms with Crippen molar-refractivity contribution in [2.75, 3.05) is 13.1 Å². The van der Waals surface area contributed by atoms with Gasteiger partial charge < -0.3 is 15.7 Å². The summed E-state index contributed by atoms with van der Waals surface area (Å²) in [6.45, 7) is 4.50. The third-order valence-electron chi connectivity index (χ3n) is 4.32. The lowest BCUT2D eigenvalue weighted by molar-refractivity contribution is -0.149. The molecule has 0 bridgehead atoms. The molecule has 20 heavy (non-hydrogen) atoms. The van der Waals surface area contributed by atoms with Crippen LogP contribution in [0.4, 0.5) is 4.79 Å². The Bertz CT molecular complexity index is 362. The summed E-state index contributed by atoms with van der Waals surface area (Å²) in [5.74, 6) is -0.354. The number of allylic oxidation sites excluding steroid dienone is 2. The normalized spacial score (nSPS) is 18.6. The summed E-state index contributed by atoms with van der Waals surface area (Å²) in [6, 6.07) is -0.271. The molecule has 0 aliphatic heterocycles. The topological polar surface area (TPSA) is 78.4 Å². The molecule has 0 aromatic heterocycles. The van der Waals surface area contributed by atoms with Gasteiger partial charge in [0.05, 0.1) is 5.41 Å². The van der Waals surface area contributed by atoms with Crippen molar-refractivity contribution in [3.8, 4) is 0 Å². The van der Waals surface area contributed by atoms with E-state index in [1.54, 1.807) is 0 Å². The molecule has 3 N–H and O–H groups in total. The van der Waals surface area contributed by atoms with Crippen molar-refractivity contribution in [1.82, 2.24) is 10.6 Å². The Morgan fingerprint density at radius 1 is 1.25 bits per heavy atom. The third kappa shape index (κ3) is 4.54. The Kier molecular flexibility index (Phi) is 6.55. The summed E-state index contributed by atoms with van der Waals surface area (Å²) in [5, 5.41) is 14.8. The number of amides is 2. The number of aliphatic carboxylic acids is 1. The molecular weight excluding hydrogens is 256 g/mol. The van der Waals surface area contributed by atoms with Crippen molar-refractivity contribution in [1.29, 1.82) is 0 Å². The minimum Gasteiger partial charge on any atom is -0.481 e. The second-order valence-corrected chi connectivity index (χ2v) is 5.51. The lowest BCUT2D eigenvalue weighted by Crippen LogP contribution is -2.46. The summed E-state index contributed by atoms with van der Waals surface area (Å²) in [7, 11) is 0. The van der Waals surface area contributed by atoms with E-state index in [0.29, 0.717) is 25.3 Å². The van der Waals surface area contributed by atoms with E-state index in [-0.39, 0.29) is 12.6 Å². The molecule has 0 fully saturated rings. The first kappa shape index (κ1) is 16.5. The number of carbonyl (C=O) groups is 2. The molecular formula is C15H26N2O3. The maximum atomic E-state index is 11.8. The van der Waals surface area contributed by atoms with Gasteiger partial charge in [-0.25, -0.2) is 4.79 Å². The van der Waals surface area contributed by atoms with Gasteiger partial charge in [0.1, 0.15) is 0 Å². The van der Waals surface area contributed by atoms with Crippen LogP contribution in [0.5, 0.6) is 0 Å². The number of hydrogen-bond acceptors (Lipinski definition) is 2. The van der Waals surface area contributed by atoms with Gasteiger partial charge in [-0.3, -0.25) is 4.79 Å². The Hall–Kier alpha value is -1.52. The van der Waals surface area contributed by atoms with Gasteiger partial charge in [0.15, 0.2) is 0 Å². The highest BCUT2D eigenvalue weighted by atomic mass is 16.4. The summed E-state index contributed by atoms with van der Waals surface area (Å²) in [5.41, 5.74) is -0.856. The molecule has 0 spiro atoms. The first-order valence-electron chi connectivity index (χ1n) is 7.44. The van der Waals surface area contributed by atoms with E-state index in [1.807, 2.05) is 13.8 Å². The number of urea groups is 1. The minimum atomic E-state index is -0.856. The van der Waals surface area contributed by atoms with E-state index in [0.717, 1.165) is 19.3 Å². The lowest BCUT2D eigenvalue weighted by atomic mass is 9.82. The Morgan fingerprint density at radius 3 is 2.45 bits per heavy atom. The van der Waals surface area contributed by atoms with E-state index < -0.39 is 11.4 Å². The van der Waals surface area contributed by atoms with Crippen LogP contribution in [-0.2, 0) is 4.79 Å². The van der Waals surface area contributed by atoms with Crippen LogP contribution >= 0.6 is 0 Å². The van der Waals surface area contributed by atoms with Gasteiger partial charge in [-0.05, 0) is 38.0 Å². The molecule has 1 aliphatic rings. The number of carbonyl (C=O) groups excluding carboxylic acids is 1. The zero-order valence-electron chi connectivity index (χ0n) is 12.4. The largest absolute Gasteiger partial charge is 0.481 e. The van der Waals surface area contributed by atoms with Crippen molar-refractivity contribution < 1.29 is 14.7 Å². The molecule has 0 saturated carbocycles. The molecule has 1 rings (SSSR count). The SMILES string of the molecule is CCC(CC)(CNC(=O)NCC1CC=CCC1)C(=O)O. The maximum absolute atomic E-state index is 11.8. The van der Waals surface area contributed by atoms with Gasteiger partial charge in [0, 0.05) is 13.1 Å². The molecule has 1 aliphatic carbocycles. The fourth-order valence-corrected chi connectivity index (χ4v) is 2.47. The van der Waals surface area contributed by atoms with E-state index in [2.05, 4.69) is 22.8 Å². The quantitative estimate of drug-likeness (QED) is 0.628. The summed E-state index contributed by atoms with van der Waals surface area (Å²) in [4.78, 5) is 23.1. The molecule has 0 aromatic carbocycles. The van der Waals surface area contributed by atoms with Crippen molar-refractivity contribution in [2.45, 2.75) is 46.0 Å². The summed E-state index contributed by atoms with van der Waals surface area (Å²) in [6.07, 6.45) is 8.50. The molecule has 0 heterocycles. The van der Waals surface area contributed by atoms with Gasteiger partial charge in [0.2, 0.25) is 0 Å². The van der Waals surface area contributed by atoms with Gasteiger partial charge in [0.25, 0.3) is 0 Å². The number of hydrogen-bond donors (Lipinski definition) is 3. The fraction of sp³-hybridized carbons (Fsp3) is 0.733. The second-order valence-electron chi connectivity index (χ2n) is 5.51. The Balaban J connectivity index is 2.34. The standard InChI is InChI=1S/C15H26N2O3/c1-3-15(4-2,13(18)19)11-17-14(20)16-10-12-8-6-5-7-9-12/h5-6,12H,3-4,7-11H2,1-2H3,(H,18,19)(H2,16,17,20). The van der Waals surface area contributed by atoms with E-state index in [4.69, 9.17) is 0 Å². The monoisotopic (exact) mass is 282 g/mol. The number of carboxylic acids is 1. The van der Waals surface area contributed by atoms with Crippen LogP contribution in [0.15, 0.2) is 12.2 Å². The highest BCUT2D eigenvalue weighted by Crippen LogP contribution is 2.25. The molecule has 5 nitrogen and oxygen atoms in total. The zero-order valence-corrected chi connectivity index (χ0v) is 12.4. The molecule has 114 valence electrons. The molecule has 0 radical (unpaired) electrons. The minimum absolute atomic E-state index is 0.172. The Labute approximate surface area is 120 Å². The average molecular weight is 282 g/mol. The number of rotatable bonds is 7. The number of nitrogens with one attached hydrogen (secondary N) is 2. The summed E-state index contributed by atoms with van der Waals surface area (Å²) < 4.78 is 0. The van der Waals surface area contributed by atoms with Crippen LogP contribution in [0.2, 0.25) is 0 Å². The fourth-order valence-electron chi connectivity index (χ4n) is 2.47. The predicted molar refractivity (Wildman–Crippen MR) is 78.5 cm³/mol. The highest BCUT2D eigenvalue weighted by Gasteiger charge is 2.35. The smallest absolute Gasteiger partial charge is 0.314 e. The first-order valence-corrected chi connectivity index (χ1v) is 7.44. The predicted octanol–water partition coefficient (Wildman–Crippen LogP) is 2.53. The van der Waals surface area contributed by atoms with Crippen LogP contribution in [0.1, 0.15) is 46.0 Å². The second kappa shape index (κ2) is 7.92. The molecule has 1 atom stereocenters. The van der Waals surface area contributed by atoms with Gasteiger partial charge in [-0.2, -0.15) is 0 Å². The van der Waals surface area contributed by atoms with Crippen LogP contribution < -0.4 is 10.6 Å². The van der Waals surface area contributed by atoms with Crippen molar-refractivity contribution in [2.24, 2.45) is 11.3 Å². The van der Waals surface area contributed by atoms with Crippen LogP contribution in [0, 0.1) is 11.3 Å². The molecule has 0 saturated heterocycles. The average Bonchev–Trinajstić information content (AvgIpc) is 2.47. The van der Waals surface area contributed by atoms with Gasteiger partial charge >= 0.3 is 12.0 Å². The maximum Gasteiger partial charge on any atom is 0.314 e. The molecule has 2 amide bonds. The van der Waals surface area contributed by atoms with Crippen LogP contribution in [0.25, 0.3) is 0 Å². The van der Waals surface area contributed by atoms with Crippen molar-refractivity contribution in [3.05, 3.63) is 12.2 Å². The molecule has 1 unspecified atom stereocenters. The molecule has 5 heteroatoms. The van der Waals surface area contributed by atoms with Crippen molar-refractivity contribution in [3.63, 3.8) is 0 Å². The zero-order chi connectivity index (χ0) is 15.0. The van der Waals surface area contributed by atoms with Crippen LogP contribution in [0.3, 0.4) is 0 Å². The highest BCUT2D eigenvalue weighted by molar-refractivity contribution is 5.78. The van der Waals surface area contributed by atoms with Crippen molar-refractivity contribution >= 4 is 12.0 Å². The van der Waals surface area contributed by atoms with E-state index >= 15 is 0 Å². The first-order chi connectivity index (χ1) is 9.54. The lowest BCUT2D eigenvalue weighted by Gasteiger charge is -2.27. The van der Waals surface area contributed by atoms with Crippen LogP contribution in [-0.4, -0.2) is 30.2 Å². The Morgan fingerprint density at radius 2 is 1.95 bits per heavy atom. The number of carboxylic acid groups (broad SMARTS) is 1. The molecule has 0 aromatic rings.